The minimum atomic E-state index is -0.347. The Kier molecular flexibility index (Phi) is 12.7. The quantitative estimate of drug-likeness (QED) is 0.215. The number of hydrogen-bond acceptors (Lipinski definition) is 3. The molecule has 0 radical (unpaired) electrons. The molecule has 0 bridgehead atoms. The Morgan fingerprint density at radius 1 is 0.738 bits per heavy atom. The predicted molar refractivity (Wildman–Crippen MR) is 185 cm³/mol. The zero-order valence-corrected chi connectivity index (χ0v) is 28.1. The van der Waals surface area contributed by atoms with Crippen LogP contribution in [0.3, 0.4) is 0 Å². The van der Waals surface area contributed by atoms with Crippen LogP contribution in [0.4, 0.5) is 0 Å². The third-order valence-electron chi connectivity index (χ3n) is 8.48. The molecular formula is C35H47Cl3N4. The molecule has 1 aliphatic heterocycles. The van der Waals surface area contributed by atoms with E-state index in [0.29, 0.717) is 5.92 Å². The van der Waals surface area contributed by atoms with E-state index in [1.54, 1.807) is 0 Å². The van der Waals surface area contributed by atoms with Crippen LogP contribution in [-0.2, 0) is 11.0 Å². The first-order valence-electron chi connectivity index (χ1n) is 14.5. The van der Waals surface area contributed by atoms with Crippen molar-refractivity contribution in [3.8, 4) is 11.4 Å². The van der Waals surface area contributed by atoms with E-state index in [0.717, 1.165) is 43.4 Å². The van der Waals surface area contributed by atoms with Crippen LogP contribution in [0.15, 0.2) is 84.9 Å². The first kappa shape index (κ1) is 35.9. The Labute approximate surface area is 271 Å². The molecule has 0 amide bonds. The van der Waals surface area contributed by atoms with Crippen molar-refractivity contribution in [1.82, 2.24) is 20.2 Å². The fourth-order valence-electron chi connectivity index (χ4n) is 6.79. The van der Waals surface area contributed by atoms with Crippen molar-refractivity contribution in [2.75, 3.05) is 26.2 Å². The first-order valence-corrected chi connectivity index (χ1v) is 14.5. The molecule has 0 spiro atoms. The molecule has 1 aliphatic rings. The fourth-order valence-corrected chi connectivity index (χ4v) is 6.79. The van der Waals surface area contributed by atoms with Gasteiger partial charge in [0.1, 0.15) is 5.82 Å². The Morgan fingerprint density at radius 3 is 1.74 bits per heavy atom. The first-order chi connectivity index (χ1) is 18.7. The van der Waals surface area contributed by atoms with Crippen LogP contribution >= 0.6 is 37.2 Å². The van der Waals surface area contributed by atoms with Crippen LogP contribution in [0, 0.1) is 12.8 Å². The van der Waals surface area contributed by atoms with Gasteiger partial charge in [-0.2, -0.15) is 0 Å². The van der Waals surface area contributed by atoms with Crippen molar-refractivity contribution in [2.45, 2.75) is 58.4 Å². The Morgan fingerprint density at radius 2 is 1.24 bits per heavy atom. The lowest BCUT2D eigenvalue weighted by molar-refractivity contribution is 0.0108. The maximum atomic E-state index is 5.58. The molecule has 1 atom stereocenters. The van der Waals surface area contributed by atoms with E-state index in [4.69, 9.17) is 4.98 Å². The molecule has 1 aromatic heterocycles. The van der Waals surface area contributed by atoms with Gasteiger partial charge in [0, 0.05) is 43.4 Å². The normalized spacial score (nSPS) is 15.3. The number of aryl methyl sites for hydroxylation is 1. The Bertz CT molecular complexity index is 1340. The Hall–Kier alpha value is -2.34. The summed E-state index contributed by atoms with van der Waals surface area (Å²) in [6.07, 6.45) is 0. The zero-order chi connectivity index (χ0) is 27.6. The second-order valence-corrected chi connectivity index (χ2v) is 12.3. The van der Waals surface area contributed by atoms with Crippen LogP contribution in [0.25, 0.3) is 11.4 Å². The van der Waals surface area contributed by atoms with Crippen LogP contribution in [-0.4, -0.2) is 41.0 Å². The van der Waals surface area contributed by atoms with Crippen molar-refractivity contribution in [3.63, 3.8) is 0 Å². The standard InChI is InChI=1S/C35H44N4.3ClH/c1-25(2)35(39-23-21-36-22-24-39,31(27-15-9-7-10-16-27)28-17-11-8-12-18-28)32-26(3)37-33(38-32)29-19-13-14-20-30(29)34(4,5)6;;;/h7-20,25,31,36H,21-24H2,1-6H3,(H,37,38);3*1H. The summed E-state index contributed by atoms with van der Waals surface area (Å²) in [5.41, 5.74) is 7.14. The fraction of sp³-hybridized carbons (Fsp3) is 0.400. The summed E-state index contributed by atoms with van der Waals surface area (Å²) in [4.78, 5) is 12.1. The molecule has 1 unspecified atom stereocenters. The van der Waals surface area contributed by atoms with E-state index in [1.807, 2.05) is 0 Å². The molecule has 2 heterocycles. The summed E-state index contributed by atoms with van der Waals surface area (Å²) in [7, 11) is 0. The van der Waals surface area contributed by atoms with Crippen molar-refractivity contribution < 1.29 is 0 Å². The minimum absolute atomic E-state index is 0. The van der Waals surface area contributed by atoms with E-state index in [1.165, 1.54) is 22.3 Å². The molecule has 0 aliphatic carbocycles. The van der Waals surface area contributed by atoms with E-state index < -0.39 is 0 Å². The minimum Gasteiger partial charge on any atom is -0.342 e. The summed E-state index contributed by atoms with van der Waals surface area (Å²) in [5.74, 6) is 1.38. The summed E-state index contributed by atoms with van der Waals surface area (Å²) in [6.45, 7) is 17.8. The zero-order valence-electron chi connectivity index (χ0n) is 25.7. The van der Waals surface area contributed by atoms with Gasteiger partial charge < -0.3 is 10.3 Å². The summed E-state index contributed by atoms with van der Waals surface area (Å²) in [6, 6.07) is 30.9. The lowest BCUT2D eigenvalue weighted by Gasteiger charge is -2.53. The number of hydrogen-bond donors (Lipinski definition) is 2. The van der Waals surface area contributed by atoms with Crippen molar-refractivity contribution in [3.05, 3.63) is 113 Å². The molecule has 0 saturated carbocycles. The average Bonchev–Trinajstić information content (AvgIpc) is 3.34. The van der Waals surface area contributed by atoms with Gasteiger partial charge in [0.25, 0.3) is 0 Å². The third-order valence-corrected chi connectivity index (χ3v) is 8.48. The van der Waals surface area contributed by atoms with Crippen molar-refractivity contribution >= 4 is 37.2 Å². The monoisotopic (exact) mass is 628 g/mol. The molecule has 42 heavy (non-hydrogen) atoms. The number of nitrogens with one attached hydrogen (secondary N) is 2. The highest BCUT2D eigenvalue weighted by Gasteiger charge is 2.52. The molecule has 1 saturated heterocycles. The largest absolute Gasteiger partial charge is 0.342 e. The van der Waals surface area contributed by atoms with Gasteiger partial charge in [-0.05, 0) is 34.9 Å². The number of piperazine rings is 1. The maximum Gasteiger partial charge on any atom is 0.138 e. The second kappa shape index (κ2) is 14.9. The van der Waals surface area contributed by atoms with Gasteiger partial charge in [0.2, 0.25) is 0 Å². The number of imidazole rings is 1. The Balaban J connectivity index is 0.00000205. The third kappa shape index (κ3) is 6.74. The van der Waals surface area contributed by atoms with E-state index in [9.17, 15) is 0 Å². The van der Waals surface area contributed by atoms with Gasteiger partial charge in [0.05, 0.1) is 11.2 Å². The highest BCUT2D eigenvalue weighted by atomic mass is 35.5. The highest BCUT2D eigenvalue weighted by Crippen LogP contribution is 2.51. The van der Waals surface area contributed by atoms with Gasteiger partial charge in [-0.3, -0.25) is 4.90 Å². The number of nitrogens with zero attached hydrogens (tertiary/aromatic N) is 2. The van der Waals surface area contributed by atoms with E-state index >= 15 is 0 Å². The van der Waals surface area contributed by atoms with Gasteiger partial charge in [-0.1, -0.05) is 120 Å². The van der Waals surface area contributed by atoms with Gasteiger partial charge in [-0.25, -0.2) is 4.98 Å². The van der Waals surface area contributed by atoms with E-state index in [-0.39, 0.29) is 54.1 Å². The number of rotatable bonds is 7. The van der Waals surface area contributed by atoms with Crippen LogP contribution in [0.5, 0.6) is 0 Å². The molecule has 2 N–H and O–H groups in total. The molecule has 3 aromatic carbocycles. The summed E-state index contributed by atoms with van der Waals surface area (Å²) >= 11 is 0. The molecule has 7 heteroatoms. The second-order valence-electron chi connectivity index (χ2n) is 12.3. The van der Waals surface area contributed by atoms with Gasteiger partial charge in [-0.15, -0.1) is 37.2 Å². The number of aromatic amines is 1. The SMILES string of the molecule is Cc1[nH]c(-c2ccccc2C(C)(C)C)nc1C(C(C)C)(C(c1ccccc1)c1ccccc1)N1CCNCC1.Cl.Cl.Cl. The molecular weight excluding hydrogens is 583 g/mol. The molecule has 1 fully saturated rings. The molecule has 5 rings (SSSR count). The van der Waals surface area contributed by atoms with Crippen LogP contribution < -0.4 is 5.32 Å². The lowest BCUT2D eigenvalue weighted by Crippen LogP contribution is -2.60. The molecule has 4 nitrogen and oxygen atoms in total. The number of H-pyrrole nitrogens is 1. The lowest BCUT2D eigenvalue weighted by atomic mass is 9.65. The average molecular weight is 630 g/mol. The number of halogens is 3. The molecule has 228 valence electrons. The predicted octanol–water partition coefficient (Wildman–Crippen LogP) is 8.54. The number of aromatic nitrogens is 2. The van der Waals surface area contributed by atoms with Crippen LogP contribution in [0.1, 0.15) is 68.6 Å². The van der Waals surface area contributed by atoms with Gasteiger partial charge >= 0.3 is 0 Å². The molecule has 4 aromatic rings. The smallest absolute Gasteiger partial charge is 0.138 e. The topological polar surface area (TPSA) is 44.0 Å². The summed E-state index contributed by atoms with van der Waals surface area (Å²) in [5, 5.41) is 3.60. The van der Waals surface area contributed by atoms with Crippen molar-refractivity contribution in [2.24, 2.45) is 5.92 Å². The van der Waals surface area contributed by atoms with Crippen molar-refractivity contribution in [1.29, 1.82) is 0 Å². The summed E-state index contributed by atoms with van der Waals surface area (Å²) < 4.78 is 0. The highest BCUT2D eigenvalue weighted by molar-refractivity contribution is 5.86. The number of benzene rings is 3. The van der Waals surface area contributed by atoms with Gasteiger partial charge in [0.15, 0.2) is 0 Å². The van der Waals surface area contributed by atoms with E-state index in [2.05, 4.69) is 142 Å². The maximum absolute atomic E-state index is 5.58. The van der Waals surface area contributed by atoms with Crippen LogP contribution in [0.2, 0.25) is 0 Å².